The van der Waals surface area contributed by atoms with E-state index in [0.717, 1.165) is 12.2 Å². The molecule has 0 spiro atoms. The molecule has 0 N–H and O–H groups in total. The molecule has 2 nitrogen and oxygen atoms in total. The van der Waals surface area contributed by atoms with Gasteiger partial charge in [0.15, 0.2) is 0 Å². The average molecular weight is 235 g/mol. The lowest BCUT2D eigenvalue weighted by atomic mass is 10.2. The Bertz CT molecular complexity index is 418. The quantitative estimate of drug-likeness (QED) is 0.745. The monoisotopic (exact) mass is 234 g/mol. The molecule has 0 amide bonds. The third-order valence-electron chi connectivity index (χ3n) is 2.35. The highest BCUT2D eigenvalue weighted by Crippen LogP contribution is 2.24. The Morgan fingerprint density at radius 1 is 1.56 bits per heavy atom. The Balaban J connectivity index is 3.07. The smallest absolute Gasteiger partial charge is 0.101 e. The summed E-state index contributed by atoms with van der Waals surface area (Å²) >= 11 is 6.00. The summed E-state index contributed by atoms with van der Waals surface area (Å²) in [7, 11) is 0. The molecule has 0 saturated carbocycles. The second-order valence-corrected chi connectivity index (χ2v) is 4.22. The molecule has 0 fully saturated rings. The molecule has 0 unspecified atom stereocenters. The third kappa shape index (κ3) is 2.77. The van der Waals surface area contributed by atoms with Gasteiger partial charge < -0.3 is 4.90 Å². The van der Waals surface area contributed by atoms with Crippen LogP contribution in [0.2, 0.25) is 5.02 Å². The van der Waals surface area contributed by atoms with Crippen LogP contribution in [0.25, 0.3) is 0 Å². The normalized spacial score (nSPS) is 9.94. The molecule has 1 aromatic rings. The van der Waals surface area contributed by atoms with E-state index >= 15 is 0 Å². The van der Waals surface area contributed by atoms with Crippen molar-refractivity contribution in [2.75, 3.05) is 11.4 Å². The van der Waals surface area contributed by atoms with Crippen molar-refractivity contribution in [3.63, 3.8) is 0 Å². The van der Waals surface area contributed by atoms with E-state index in [1.807, 2.05) is 18.2 Å². The Morgan fingerprint density at radius 3 is 2.69 bits per heavy atom. The standard InChI is InChI=1S/C13H15ClN2/c1-4-7-16(10(2)3)12-6-5-11(9-15)13(14)8-12/h4-6,8,10H,1,7H2,2-3H3. The molecule has 0 heterocycles. The molecule has 1 rings (SSSR count). The zero-order valence-electron chi connectivity index (χ0n) is 9.57. The van der Waals surface area contributed by atoms with Crippen LogP contribution in [0.5, 0.6) is 0 Å². The van der Waals surface area contributed by atoms with E-state index in [9.17, 15) is 0 Å². The molecule has 0 aliphatic carbocycles. The molecule has 0 aliphatic heterocycles. The first kappa shape index (κ1) is 12.6. The minimum Gasteiger partial charge on any atom is -0.365 e. The first-order chi connectivity index (χ1) is 7.60. The highest BCUT2D eigenvalue weighted by Gasteiger charge is 2.10. The van der Waals surface area contributed by atoms with Gasteiger partial charge in [-0.1, -0.05) is 17.7 Å². The fourth-order valence-electron chi connectivity index (χ4n) is 1.53. The van der Waals surface area contributed by atoms with E-state index in [4.69, 9.17) is 16.9 Å². The molecule has 0 aromatic heterocycles. The minimum atomic E-state index is 0.363. The maximum absolute atomic E-state index is 8.80. The van der Waals surface area contributed by atoms with Crippen molar-refractivity contribution < 1.29 is 0 Å². The van der Waals surface area contributed by atoms with Crippen LogP contribution in [0.4, 0.5) is 5.69 Å². The highest BCUT2D eigenvalue weighted by molar-refractivity contribution is 6.32. The Hall–Kier alpha value is -1.46. The van der Waals surface area contributed by atoms with Crippen LogP contribution in [0.1, 0.15) is 19.4 Å². The molecular weight excluding hydrogens is 220 g/mol. The number of halogens is 1. The average Bonchev–Trinajstić information content (AvgIpc) is 2.25. The summed E-state index contributed by atoms with van der Waals surface area (Å²) in [6, 6.07) is 7.89. The van der Waals surface area contributed by atoms with Crippen LogP contribution in [-0.2, 0) is 0 Å². The maximum Gasteiger partial charge on any atom is 0.101 e. The first-order valence-electron chi connectivity index (χ1n) is 5.17. The van der Waals surface area contributed by atoms with Crippen molar-refractivity contribution in [2.45, 2.75) is 19.9 Å². The van der Waals surface area contributed by atoms with Crippen molar-refractivity contribution in [1.29, 1.82) is 5.26 Å². The van der Waals surface area contributed by atoms with Crippen molar-refractivity contribution in [3.05, 3.63) is 41.4 Å². The summed E-state index contributed by atoms with van der Waals surface area (Å²) in [5.74, 6) is 0. The van der Waals surface area contributed by atoms with Gasteiger partial charge in [0.1, 0.15) is 6.07 Å². The van der Waals surface area contributed by atoms with Gasteiger partial charge in [-0.15, -0.1) is 6.58 Å². The Morgan fingerprint density at radius 2 is 2.25 bits per heavy atom. The number of nitriles is 1. The molecular formula is C13H15ClN2. The Labute approximate surface area is 102 Å². The van der Waals surface area contributed by atoms with E-state index in [1.165, 1.54) is 0 Å². The molecule has 0 atom stereocenters. The van der Waals surface area contributed by atoms with Crippen LogP contribution in [0.3, 0.4) is 0 Å². The highest BCUT2D eigenvalue weighted by atomic mass is 35.5. The minimum absolute atomic E-state index is 0.363. The van der Waals surface area contributed by atoms with Crippen molar-refractivity contribution in [3.8, 4) is 6.07 Å². The van der Waals surface area contributed by atoms with Gasteiger partial charge >= 0.3 is 0 Å². The van der Waals surface area contributed by atoms with E-state index in [0.29, 0.717) is 16.6 Å². The first-order valence-corrected chi connectivity index (χ1v) is 5.55. The van der Waals surface area contributed by atoms with Gasteiger partial charge in [-0.3, -0.25) is 0 Å². The zero-order chi connectivity index (χ0) is 12.1. The zero-order valence-corrected chi connectivity index (χ0v) is 10.3. The van der Waals surface area contributed by atoms with Gasteiger partial charge in [-0.25, -0.2) is 0 Å². The maximum atomic E-state index is 8.80. The number of rotatable bonds is 4. The summed E-state index contributed by atoms with van der Waals surface area (Å²) in [4.78, 5) is 2.17. The van der Waals surface area contributed by atoms with Crippen molar-refractivity contribution in [2.24, 2.45) is 0 Å². The molecule has 84 valence electrons. The summed E-state index contributed by atoms with van der Waals surface area (Å²) in [6.07, 6.45) is 1.85. The SMILES string of the molecule is C=CCN(c1ccc(C#N)c(Cl)c1)C(C)C. The number of nitrogens with zero attached hydrogens (tertiary/aromatic N) is 2. The predicted octanol–water partition coefficient (Wildman–Crippen LogP) is 3.61. The predicted molar refractivity (Wildman–Crippen MR) is 68.8 cm³/mol. The number of hydrogen-bond donors (Lipinski definition) is 0. The van der Waals surface area contributed by atoms with Gasteiger partial charge in [0.05, 0.1) is 10.6 Å². The Kier molecular flexibility index (Phi) is 4.39. The van der Waals surface area contributed by atoms with E-state index in [1.54, 1.807) is 6.07 Å². The van der Waals surface area contributed by atoms with Gasteiger partial charge in [0.25, 0.3) is 0 Å². The van der Waals surface area contributed by atoms with Crippen LogP contribution >= 0.6 is 11.6 Å². The fraction of sp³-hybridized carbons (Fsp3) is 0.308. The van der Waals surface area contributed by atoms with Gasteiger partial charge in [-0.05, 0) is 32.0 Å². The summed E-state index contributed by atoms with van der Waals surface area (Å²) in [6.45, 7) is 8.71. The fourth-order valence-corrected chi connectivity index (χ4v) is 1.74. The summed E-state index contributed by atoms with van der Waals surface area (Å²) in [5.41, 5.74) is 1.52. The molecule has 0 aliphatic rings. The number of benzene rings is 1. The van der Waals surface area contributed by atoms with Gasteiger partial charge in [-0.2, -0.15) is 5.26 Å². The molecule has 0 bridgehead atoms. The van der Waals surface area contributed by atoms with Crippen LogP contribution in [-0.4, -0.2) is 12.6 Å². The molecule has 0 saturated heterocycles. The van der Waals surface area contributed by atoms with E-state index in [-0.39, 0.29) is 0 Å². The van der Waals surface area contributed by atoms with Crippen molar-refractivity contribution in [1.82, 2.24) is 0 Å². The van der Waals surface area contributed by atoms with E-state index in [2.05, 4.69) is 31.4 Å². The molecule has 0 radical (unpaired) electrons. The van der Waals surface area contributed by atoms with Crippen LogP contribution in [0.15, 0.2) is 30.9 Å². The topological polar surface area (TPSA) is 27.0 Å². The second-order valence-electron chi connectivity index (χ2n) is 3.81. The van der Waals surface area contributed by atoms with Crippen LogP contribution in [0, 0.1) is 11.3 Å². The molecule has 16 heavy (non-hydrogen) atoms. The summed E-state index contributed by atoms with van der Waals surface area (Å²) < 4.78 is 0. The number of hydrogen-bond acceptors (Lipinski definition) is 2. The molecule has 1 aromatic carbocycles. The van der Waals surface area contributed by atoms with Crippen LogP contribution < -0.4 is 4.90 Å². The van der Waals surface area contributed by atoms with Crippen molar-refractivity contribution >= 4 is 17.3 Å². The lowest BCUT2D eigenvalue weighted by molar-refractivity contribution is 0.723. The second kappa shape index (κ2) is 5.58. The lowest BCUT2D eigenvalue weighted by Crippen LogP contribution is -2.30. The number of anilines is 1. The lowest BCUT2D eigenvalue weighted by Gasteiger charge is -2.27. The molecule has 3 heteroatoms. The van der Waals surface area contributed by atoms with Gasteiger partial charge in [0, 0.05) is 18.3 Å². The van der Waals surface area contributed by atoms with E-state index < -0.39 is 0 Å². The summed E-state index contributed by atoms with van der Waals surface area (Å²) in [5, 5.41) is 9.29. The largest absolute Gasteiger partial charge is 0.365 e. The van der Waals surface area contributed by atoms with Gasteiger partial charge in [0.2, 0.25) is 0 Å². The third-order valence-corrected chi connectivity index (χ3v) is 2.67.